The molecule has 1 aliphatic rings. The Hall–Kier alpha value is -1.09. The normalized spacial score (nSPS) is 15.6. The lowest BCUT2D eigenvalue weighted by molar-refractivity contribution is 0.686. The Morgan fingerprint density at radius 1 is 1.50 bits per heavy atom. The minimum atomic E-state index is 0.762. The van der Waals surface area contributed by atoms with E-state index >= 15 is 0 Å². The zero-order valence-electron chi connectivity index (χ0n) is 8.83. The van der Waals surface area contributed by atoms with E-state index in [1.807, 2.05) is 12.4 Å². The lowest BCUT2D eigenvalue weighted by Gasteiger charge is -2.16. The fraction of sp³-hybridized carbons (Fsp3) is 0.545. The molecule has 0 aromatic carbocycles. The van der Waals surface area contributed by atoms with E-state index in [1.165, 1.54) is 24.1 Å². The van der Waals surface area contributed by atoms with Gasteiger partial charge in [-0.1, -0.05) is 0 Å². The maximum Gasteiger partial charge on any atom is 0.0593 e. The van der Waals surface area contributed by atoms with E-state index in [0.29, 0.717) is 0 Å². The van der Waals surface area contributed by atoms with Gasteiger partial charge in [-0.05, 0) is 24.5 Å². The smallest absolute Gasteiger partial charge is 0.0593 e. The highest BCUT2D eigenvalue weighted by molar-refractivity contribution is 5.50. The van der Waals surface area contributed by atoms with E-state index in [0.717, 1.165) is 12.6 Å². The first kappa shape index (κ1) is 9.46. The monoisotopic (exact) mass is 191 g/mol. The van der Waals surface area contributed by atoms with Crippen molar-refractivity contribution in [2.24, 2.45) is 0 Å². The predicted molar refractivity (Wildman–Crippen MR) is 58.4 cm³/mol. The molecule has 0 unspecified atom stereocenters. The SMILES string of the molecule is CN(C)c1cnccc1CNC1CC1. The fourth-order valence-electron chi connectivity index (χ4n) is 1.51. The van der Waals surface area contributed by atoms with E-state index in [9.17, 15) is 0 Å². The molecule has 3 heteroatoms. The fourth-order valence-corrected chi connectivity index (χ4v) is 1.51. The molecule has 0 radical (unpaired) electrons. The van der Waals surface area contributed by atoms with E-state index in [1.54, 1.807) is 0 Å². The topological polar surface area (TPSA) is 28.2 Å². The third-order valence-corrected chi connectivity index (χ3v) is 2.53. The van der Waals surface area contributed by atoms with Gasteiger partial charge >= 0.3 is 0 Å². The van der Waals surface area contributed by atoms with Crippen molar-refractivity contribution < 1.29 is 0 Å². The standard InChI is InChI=1S/C11H17N3/c1-14(2)11-8-12-6-5-9(11)7-13-10-3-4-10/h5-6,8,10,13H,3-4,7H2,1-2H3. The molecule has 1 aromatic rings. The Bertz CT molecular complexity index is 305. The molecule has 1 fully saturated rings. The van der Waals surface area contributed by atoms with Crippen LogP contribution in [0, 0.1) is 0 Å². The molecule has 2 rings (SSSR count). The van der Waals surface area contributed by atoms with Crippen molar-refractivity contribution in [1.29, 1.82) is 0 Å². The van der Waals surface area contributed by atoms with Crippen molar-refractivity contribution in [3.63, 3.8) is 0 Å². The van der Waals surface area contributed by atoms with Crippen LogP contribution >= 0.6 is 0 Å². The minimum Gasteiger partial charge on any atom is -0.376 e. The van der Waals surface area contributed by atoms with Crippen LogP contribution in [0.25, 0.3) is 0 Å². The first-order valence-electron chi connectivity index (χ1n) is 5.11. The molecule has 1 saturated carbocycles. The Morgan fingerprint density at radius 3 is 2.93 bits per heavy atom. The number of nitrogens with one attached hydrogen (secondary N) is 1. The van der Waals surface area contributed by atoms with E-state index < -0.39 is 0 Å². The van der Waals surface area contributed by atoms with Crippen LogP contribution in [0.5, 0.6) is 0 Å². The minimum absolute atomic E-state index is 0.762. The van der Waals surface area contributed by atoms with Crippen LogP contribution in [-0.4, -0.2) is 25.1 Å². The van der Waals surface area contributed by atoms with Crippen molar-refractivity contribution in [3.05, 3.63) is 24.0 Å². The average Bonchev–Trinajstić information content (AvgIpc) is 2.98. The highest BCUT2D eigenvalue weighted by atomic mass is 15.1. The number of pyridine rings is 1. The first-order valence-corrected chi connectivity index (χ1v) is 5.11. The lowest BCUT2D eigenvalue weighted by atomic mass is 10.2. The van der Waals surface area contributed by atoms with Crippen LogP contribution in [0.4, 0.5) is 5.69 Å². The molecule has 1 heterocycles. The molecule has 0 atom stereocenters. The van der Waals surface area contributed by atoms with Crippen LogP contribution < -0.4 is 10.2 Å². The zero-order chi connectivity index (χ0) is 9.97. The van der Waals surface area contributed by atoms with Gasteiger partial charge in [0.05, 0.1) is 11.9 Å². The van der Waals surface area contributed by atoms with Gasteiger partial charge in [-0.3, -0.25) is 4.98 Å². The molecule has 0 bridgehead atoms. The summed E-state index contributed by atoms with van der Waals surface area (Å²) in [5, 5.41) is 3.51. The van der Waals surface area contributed by atoms with Crippen molar-refractivity contribution in [2.45, 2.75) is 25.4 Å². The van der Waals surface area contributed by atoms with Gasteiger partial charge in [-0.25, -0.2) is 0 Å². The summed E-state index contributed by atoms with van der Waals surface area (Å²) in [7, 11) is 4.11. The van der Waals surface area contributed by atoms with E-state index in [4.69, 9.17) is 0 Å². The molecule has 14 heavy (non-hydrogen) atoms. The molecule has 3 nitrogen and oxygen atoms in total. The molecule has 0 saturated heterocycles. The van der Waals surface area contributed by atoms with Crippen LogP contribution in [0.3, 0.4) is 0 Å². The van der Waals surface area contributed by atoms with Gasteiger partial charge in [0, 0.05) is 32.9 Å². The molecule has 76 valence electrons. The van der Waals surface area contributed by atoms with Gasteiger partial charge in [0.2, 0.25) is 0 Å². The average molecular weight is 191 g/mol. The van der Waals surface area contributed by atoms with Gasteiger partial charge in [0.1, 0.15) is 0 Å². The van der Waals surface area contributed by atoms with Gasteiger partial charge in [-0.15, -0.1) is 0 Å². The third-order valence-electron chi connectivity index (χ3n) is 2.53. The van der Waals surface area contributed by atoms with Gasteiger partial charge < -0.3 is 10.2 Å². The van der Waals surface area contributed by atoms with E-state index in [-0.39, 0.29) is 0 Å². The summed E-state index contributed by atoms with van der Waals surface area (Å²) in [6.07, 6.45) is 6.45. The van der Waals surface area contributed by atoms with Crippen molar-refractivity contribution in [1.82, 2.24) is 10.3 Å². The Labute approximate surface area is 85.1 Å². The van der Waals surface area contributed by atoms with Gasteiger partial charge in [0.25, 0.3) is 0 Å². The largest absolute Gasteiger partial charge is 0.376 e. The molecule has 0 amide bonds. The maximum absolute atomic E-state index is 4.14. The highest BCUT2D eigenvalue weighted by Crippen LogP contribution is 2.21. The Kier molecular flexibility index (Phi) is 2.68. The number of hydrogen-bond acceptors (Lipinski definition) is 3. The van der Waals surface area contributed by atoms with Crippen molar-refractivity contribution >= 4 is 5.69 Å². The third kappa shape index (κ3) is 2.23. The molecular formula is C11H17N3. The highest BCUT2D eigenvalue weighted by Gasteiger charge is 2.20. The number of rotatable bonds is 4. The van der Waals surface area contributed by atoms with Crippen LogP contribution in [0.15, 0.2) is 18.5 Å². The maximum atomic E-state index is 4.14. The summed E-state index contributed by atoms with van der Waals surface area (Å²) in [4.78, 5) is 6.25. The second kappa shape index (κ2) is 3.96. The zero-order valence-corrected chi connectivity index (χ0v) is 8.83. The van der Waals surface area contributed by atoms with Crippen LogP contribution in [0.2, 0.25) is 0 Å². The molecule has 1 aromatic heterocycles. The number of hydrogen-bond donors (Lipinski definition) is 1. The van der Waals surface area contributed by atoms with Crippen molar-refractivity contribution in [2.75, 3.05) is 19.0 Å². The number of anilines is 1. The number of aromatic nitrogens is 1. The van der Waals surface area contributed by atoms with Gasteiger partial charge in [0.15, 0.2) is 0 Å². The summed E-state index contributed by atoms with van der Waals surface area (Å²) < 4.78 is 0. The van der Waals surface area contributed by atoms with Crippen LogP contribution in [0.1, 0.15) is 18.4 Å². The Balaban J connectivity index is 2.05. The molecule has 1 aliphatic carbocycles. The van der Waals surface area contributed by atoms with Crippen molar-refractivity contribution in [3.8, 4) is 0 Å². The lowest BCUT2D eigenvalue weighted by Crippen LogP contribution is -2.19. The first-order chi connectivity index (χ1) is 6.77. The molecule has 0 aliphatic heterocycles. The summed E-state index contributed by atoms with van der Waals surface area (Å²) in [6.45, 7) is 0.959. The summed E-state index contributed by atoms with van der Waals surface area (Å²) >= 11 is 0. The van der Waals surface area contributed by atoms with Gasteiger partial charge in [-0.2, -0.15) is 0 Å². The molecule has 1 N–H and O–H groups in total. The molecule has 0 spiro atoms. The number of nitrogens with zero attached hydrogens (tertiary/aromatic N) is 2. The van der Waals surface area contributed by atoms with Crippen LogP contribution in [-0.2, 0) is 6.54 Å². The molecular weight excluding hydrogens is 174 g/mol. The summed E-state index contributed by atoms with van der Waals surface area (Å²) in [5.41, 5.74) is 2.54. The second-order valence-electron chi connectivity index (χ2n) is 4.05. The summed E-state index contributed by atoms with van der Waals surface area (Å²) in [5.74, 6) is 0. The quantitative estimate of drug-likeness (QED) is 0.779. The predicted octanol–water partition coefficient (Wildman–Crippen LogP) is 1.40. The summed E-state index contributed by atoms with van der Waals surface area (Å²) in [6, 6.07) is 2.85. The van der Waals surface area contributed by atoms with E-state index in [2.05, 4.69) is 35.4 Å². The Morgan fingerprint density at radius 2 is 2.29 bits per heavy atom. The second-order valence-corrected chi connectivity index (χ2v) is 4.05.